The fourth-order valence-corrected chi connectivity index (χ4v) is 3.46. The van der Waals surface area contributed by atoms with Crippen LogP contribution in [0, 0.1) is 12.3 Å². The van der Waals surface area contributed by atoms with Crippen molar-refractivity contribution in [3.8, 4) is 0 Å². The van der Waals surface area contributed by atoms with Crippen LogP contribution in [-0.4, -0.2) is 17.6 Å². The van der Waals surface area contributed by atoms with E-state index >= 15 is 0 Å². The molecule has 1 aromatic carbocycles. The summed E-state index contributed by atoms with van der Waals surface area (Å²) in [6.45, 7) is 1.63. The first-order chi connectivity index (χ1) is 10.6. The molecule has 0 saturated heterocycles. The van der Waals surface area contributed by atoms with Gasteiger partial charge in [-0.2, -0.15) is 0 Å². The highest BCUT2D eigenvalue weighted by molar-refractivity contribution is 7.15. The highest BCUT2D eigenvalue weighted by atomic mass is 32.1. The summed E-state index contributed by atoms with van der Waals surface area (Å²) in [6.07, 6.45) is 4.50. The molecule has 0 atom stereocenters. The van der Waals surface area contributed by atoms with Crippen molar-refractivity contribution in [2.45, 2.75) is 32.6 Å². The SMILES string of the molecule is Cc1cccc(Cc2cnc(NC(=O)C3(CCF)CC3)s2)c1. The number of hydrogen-bond acceptors (Lipinski definition) is 3. The van der Waals surface area contributed by atoms with Crippen LogP contribution in [0.3, 0.4) is 0 Å². The van der Waals surface area contributed by atoms with Crippen molar-refractivity contribution >= 4 is 22.4 Å². The highest BCUT2D eigenvalue weighted by Gasteiger charge is 2.49. The van der Waals surface area contributed by atoms with E-state index in [9.17, 15) is 9.18 Å². The number of alkyl halides is 1. The van der Waals surface area contributed by atoms with Gasteiger partial charge in [-0.3, -0.25) is 9.18 Å². The van der Waals surface area contributed by atoms with Crippen molar-refractivity contribution < 1.29 is 9.18 Å². The van der Waals surface area contributed by atoms with Gasteiger partial charge in [-0.1, -0.05) is 29.8 Å². The molecule has 1 aromatic heterocycles. The Labute approximate surface area is 133 Å². The molecule has 1 aliphatic carbocycles. The molecule has 2 aromatic rings. The van der Waals surface area contributed by atoms with Crippen LogP contribution >= 0.6 is 11.3 Å². The van der Waals surface area contributed by atoms with E-state index in [1.807, 2.05) is 6.07 Å². The minimum atomic E-state index is -0.475. The molecule has 0 radical (unpaired) electrons. The Hall–Kier alpha value is -1.75. The number of carbonyl (C=O) groups excluding carboxylic acids is 1. The number of anilines is 1. The maximum atomic E-state index is 12.5. The summed E-state index contributed by atoms with van der Waals surface area (Å²) in [6, 6.07) is 8.35. The largest absolute Gasteiger partial charge is 0.301 e. The fourth-order valence-electron chi connectivity index (χ4n) is 2.62. The van der Waals surface area contributed by atoms with Gasteiger partial charge in [0.25, 0.3) is 0 Å². The second-order valence-corrected chi connectivity index (χ2v) is 7.09. The minimum Gasteiger partial charge on any atom is -0.301 e. The van der Waals surface area contributed by atoms with E-state index in [1.165, 1.54) is 22.5 Å². The molecular weight excluding hydrogens is 299 g/mol. The molecule has 0 bridgehead atoms. The maximum absolute atomic E-state index is 12.5. The number of halogens is 1. The maximum Gasteiger partial charge on any atom is 0.232 e. The summed E-state index contributed by atoms with van der Waals surface area (Å²) in [4.78, 5) is 17.6. The fraction of sp³-hybridized carbons (Fsp3) is 0.412. The van der Waals surface area contributed by atoms with Crippen LogP contribution in [0.25, 0.3) is 0 Å². The van der Waals surface area contributed by atoms with Gasteiger partial charge >= 0.3 is 0 Å². The van der Waals surface area contributed by atoms with Crippen molar-refractivity contribution in [2.24, 2.45) is 5.41 Å². The summed E-state index contributed by atoms with van der Waals surface area (Å²) >= 11 is 1.49. The lowest BCUT2D eigenvalue weighted by Crippen LogP contribution is -2.24. The lowest BCUT2D eigenvalue weighted by atomic mass is 10.0. The van der Waals surface area contributed by atoms with Crippen molar-refractivity contribution in [3.63, 3.8) is 0 Å². The van der Waals surface area contributed by atoms with E-state index in [4.69, 9.17) is 0 Å². The molecule has 3 rings (SSSR count). The molecule has 0 spiro atoms. The number of nitrogens with zero attached hydrogens (tertiary/aromatic N) is 1. The van der Waals surface area contributed by atoms with Crippen LogP contribution < -0.4 is 5.32 Å². The van der Waals surface area contributed by atoms with Crippen LogP contribution in [0.5, 0.6) is 0 Å². The van der Waals surface area contributed by atoms with Crippen LogP contribution in [-0.2, 0) is 11.2 Å². The summed E-state index contributed by atoms with van der Waals surface area (Å²) in [5.41, 5.74) is 1.99. The van der Waals surface area contributed by atoms with E-state index in [1.54, 1.807) is 6.20 Å². The Morgan fingerprint density at radius 3 is 2.95 bits per heavy atom. The van der Waals surface area contributed by atoms with Crippen LogP contribution in [0.1, 0.15) is 35.3 Å². The van der Waals surface area contributed by atoms with E-state index in [2.05, 4.69) is 35.4 Å². The Bertz CT molecular complexity index is 679. The zero-order chi connectivity index (χ0) is 15.6. The molecule has 0 aliphatic heterocycles. The predicted molar refractivity (Wildman–Crippen MR) is 87.0 cm³/mol. The van der Waals surface area contributed by atoms with E-state index in [-0.39, 0.29) is 5.91 Å². The Balaban J connectivity index is 1.63. The average molecular weight is 318 g/mol. The van der Waals surface area contributed by atoms with Gasteiger partial charge in [-0.15, -0.1) is 11.3 Å². The van der Waals surface area contributed by atoms with Gasteiger partial charge < -0.3 is 5.32 Å². The number of carbonyl (C=O) groups is 1. The molecule has 1 aliphatic rings. The molecule has 1 heterocycles. The minimum absolute atomic E-state index is 0.0818. The molecule has 1 amide bonds. The third-order valence-electron chi connectivity index (χ3n) is 4.14. The predicted octanol–water partition coefficient (Wildman–Crippen LogP) is 4.12. The molecule has 0 unspecified atom stereocenters. The highest BCUT2D eigenvalue weighted by Crippen LogP contribution is 2.49. The normalized spacial score (nSPS) is 15.5. The topological polar surface area (TPSA) is 42.0 Å². The average Bonchev–Trinajstić information content (AvgIpc) is 3.14. The van der Waals surface area contributed by atoms with E-state index in [0.717, 1.165) is 24.1 Å². The van der Waals surface area contributed by atoms with Gasteiger partial charge in [0.15, 0.2) is 5.13 Å². The third-order valence-corrected chi connectivity index (χ3v) is 5.06. The summed E-state index contributed by atoms with van der Waals surface area (Å²) in [5, 5.41) is 3.46. The smallest absolute Gasteiger partial charge is 0.232 e. The molecule has 22 heavy (non-hydrogen) atoms. The lowest BCUT2D eigenvalue weighted by molar-refractivity contribution is -0.121. The van der Waals surface area contributed by atoms with Gasteiger partial charge in [0.1, 0.15) is 0 Å². The molecule has 1 N–H and O–H groups in total. The number of aryl methyl sites for hydroxylation is 1. The molecule has 3 nitrogen and oxygen atoms in total. The number of rotatable bonds is 6. The van der Waals surface area contributed by atoms with E-state index < -0.39 is 12.1 Å². The van der Waals surface area contributed by atoms with Gasteiger partial charge in [0, 0.05) is 17.5 Å². The Kier molecular flexibility index (Phi) is 4.25. The summed E-state index contributed by atoms with van der Waals surface area (Å²) in [7, 11) is 0. The zero-order valence-electron chi connectivity index (χ0n) is 12.6. The second-order valence-electron chi connectivity index (χ2n) is 5.97. The molecule has 1 fully saturated rings. The van der Waals surface area contributed by atoms with Crippen LogP contribution in [0.4, 0.5) is 9.52 Å². The number of aromatic nitrogens is 1. The first-order valence-electron chi connectivity index (χ1n) is 7.49. The molecule has 116 valence electrons. The number of thiazole rings is 1. The third kappa shape index (κ3) is 3.35. The number of nitrogens with one attached hydrogen (secondary N) is 1. The number of amides is 1. The van der Waals surface area contributed by atoms with Crippen molar-refractivity contribution in [2.75, 3.05) is 12.0 Å². The van der Waals surface area contributed by atoms with Gasteiger partial charge in [-0.25, -0.2) is 4.98 Å². The zero-order valence-corrected chi connectivity index (χ0v) is 13.4. The number of hydrogen-bond donors (Lipinski definition) is 1. The first kappa shape index (κ1) is 15.2. The monoisotopic (exact) mass is 318 g/mol. The van der Waals surface area contributed by atoms with Gasteiger partial charge in [0.2, 0.25) is 5.91 Å². The summed E-state index contributed by atoms with van der Waals surface area (Å²) < 4.78 is 12.5. The van der Waals surface area contributed by atoms with Crippen molar-refractivity contribution in [1.82, 2.24) is 4.98 Å². The van der Waals surface area contributed by atoms with Crippen molar-refractivity contribution in [1.29, 1.82) is 0 Å². The first-order valence-corrected chi connectivity index (χ1v) is 8.31. The number of benzene rings is 1. The quantitative estimate of drug-likeness (QED) is 0.870. The van der Waals surface area contributed by atoms with Crippen LogP contribution in [0.15, 0.2) is 30.5 Å². The van der Waals surface area contributed by atoms with Crippen molar-refractivity contribution in [3.05, 3.63) is 46.5 Å². The van der Waals surface area contributed by atoms with Gasteiger partial charge in [-0.05, 0) is 31.7 Å². The standard InChI is InChI=1S/C17H19FN2OS/c1-12-3-2-4-13(9-12)10-14-11-19-16(22-14)20-15(21)17(5-6-17)7-8-18/h2-4,9,11H,5-8,10H2,1H3,(H,19,20,21). The van der Waals surface area contributed by atoms with Crippen LogP contribution in [0.2, 0.25) is 0 Å². The second kappa shape index (κ2) is 6.16. The lowest BCUT2D eigenvalue weighted by Gasteiger charge is -2.11. The van der Waals surface area contributed by atoms with Gasteiger partial charge in [0.05, 0.1) is 12.1 Å². The molecule has 5 heteroatoms. The molecule has 1 saturated carbocycles. The molecular formula is C17H19FN2OS. The Morgan fingerprint density at radius 1 is 1.45 bits per heavy atom. The Morgan fingerprint density at radius 2 is 2.27 bits per heavy atom. The van der Waals surface area contributed by atoms with E-state index in [0.29, 0.717) is 11.6 Å². The summed E-state index contributed by atoms with van der Waals surface area (Å²) in [5.74, 6) is -0.0818.